The van der Waals surface area contributed by atoms with Crippen molar-refractivity contribution < 1.29 is 18.4 Å². The highest BCUT2D eigenvalue weighted by Gasteiger charge is 2.09. The fraction of sp³-hybridized carbons (Fsp3) is 0.0667. The second-order valence-electron chi connectivity index (χ2n) is 4.22. The predicted molar refractivity (Wildman–Crippen MR) is 73.8 cm³/mol. The molecule has 21 heavy (non-hydrogen) atoms. The van der Waals surface area contributed by atoms with Crippen LogP contribution in [0.1, 0.15) is 10.4 Å². The summed E-state index contributed by atoms with van der Waals surface area (Å²) in [7, 11) is 0. The maximum atomic E-state index is 13.3. The highest BCUT2D eigenvalue weighted by molar-refractivity contribution is 5.99. The second-order valence-corrected chi connectivity index (χ2v) is 4.22. The molecule has 0 aliphatic heterocycles. The minimum absolute atomic E-state index is 0.0403. The van der Waals surface area contributed by atoms with E-state index in [9.17, 15) is 18.4 Å². The zero-order valence-electron chi connectivity index (χ0n) is 10.9. The van der Waals surface area contributed by atoms with Crippen molar-refractivity contribution in [3.63, 3.8) is 0 Å². The number of rotatable bonds is 4. The van der Waals surface area contributed by atoms with Crippen LogP contribution in [-0.4, -0.2) is 18.4 Å². The lowest BCUT2D eigenvalue weighted by Crippen LogP contribution is -2.33. The van der Waals surface area contributed by atoms with Gasteiger partial charge in [0.05, 0.1) is 12.2 Å². The quantitative estimate of drug-likeness (QED) is 0.908. The Balaban J connectivity index is 1.88. The number of amides is 2. The van der Waals surface area contributed by atoms with Gasteiger partial charge in [0, 0.05) is 5.56 Å². The van der Waals surface area contributed by atoms with Crippen LogP contribution < -0.4 is 10.6 Å². The second kappa shape index (κ2) is 6.60. The number of hydrogen-bond acceptors (Lipinski definition) is 2. The van der Waals surface area contributed by atoms with Gasteiger partial charge >= 0.3 is 0 Å². The zero-order valence-corrected chi connectivity index (χ0v) is 10.9. The summed E-state index contributed by atoms with van der Waals surface area (Å²) in [5.74, 6) is -2.09. The minimum Gasteiger partial charge on any atom is -0.343 e. The van der Waals surface area contributed by atoms with Gasteiger partial charge in [-0.1, -0.05) is 12.1 Å². The van der Waals surface area contributed by atoms with Crippen LogP contribution in [0, 0.1) is 11.6 Å². The largest absolute Gasteiger partial charge is 0.343 e. The lowest BCUT2D eigenvalue weighted by Gasteiger charge is -2.07. The molecule has 0 aliphatic carbocycles. The number of halogens is 2. The first-order valence-electron chi connectivity index (χ1n) is 6.14. The van der Waals surface area contributed by atoms with E-state index in [1.54, 1.807) is 6.07 Å². The Morgan fingerprint density at radius 2 is 1.62 bits per heavy atom. The van der Waals surface area contributed by atoms with Crippen molar-refractivity contribution in [3.8, 4) is 0 Å². The number of nitrogens with one attached hydrogen (secondary N) is 2. The molecule has 0 aromatic heterocycles. The monoisotopic (exact) mass is 290 g/mol. The number of hydrogen-bond donors (Lipinski definition) is 2. The highest BCUT2D eigenvalue weighted by atomic mass is 19.1. The van der Waals surface area contributed by atoms with E-state index >= 15 is 0 Å². The van der Waals surface area contributed by atoms with E-state index in [0.29, 0.717) is 0 Å². The molecule has 0 heterocycles. The van der Waals surface area contributed by atoms with Crippen molar-refractivity contribution in [3.05, 3.63) is 65.7 Å². The standard InChI is InChI=1S/C15H12F2N2O2/c16-11-7-5-10(6-8-11)15(21)18-9-14(20)19-13-4-2-1-3-12(13)17/h1-8H,9H2,(H,18,21)(H,19,20). The van der Waals surface area contributed by atoms with Crippen LogP contribution in [0.2, 0.25) is 0 Å². The smallest absolute Gasteiger partial charge is 0.251 e. The summed E-state index contributed by atoms with van der Waals surface area (Å²) < 4.78 is 26.0. The van der Waals surface area contributed by atoms with E-state index in [2.05, 4.69) is 10.6 Å². The summed E-state index contributed by atoms with van der Waals surface area (Å²) in [5, 5.41) is 4.70. The van der Waals surface area contributed by atoms with Crippen molar-refractivity contribution in [2.75, 3.05) is 11.9 Å². The topological polar surface area (TPSA) is 58.2 Å². The van der Waals surface area contributed by atoms with Crippen LogP contribution >= 0.6 is 0 Å². The summed E-state index contributed by atoms with van der Waals surface area (Å²) in [4.78, 5) is 23.3. The number of benzene rings is 2. The zero-order chi connectivity index (χ0) is 15.2. The highest BCUT2D eigenvalue weighted by Crippen LogP contribution is 2.11. The van der Waals surface area contributed by atoms with Crippen LogP contribution in [0.4, 0.5) is 14.5 Å². The van der Waals surface area contributed by atoms with Crippen LogP contribution in [0.25, 0.3) is 0 Å². The Kier molecular flexibility index (Phi) is 4.61. The Hall–Kier alpha value is -2.76. The van der Waals surface area contributed by atoms with E-state index in [0.717, 1.165) is 12.1 Å². The lowest BCUT2D eigenvalue weighted by atomic mass is 10.2. The molecule has 2 amide bonds. The molecule has 0 saturated heterocycles. The molecule has 0 saturated carbocycles. The molecule has 6 heteroatoms. The number of carbonyl (C=O) groups excluding carboxylic acids is 2. The lowest BCUT2D eigenvalue weighted by molar-refractivity contribution is -0.115. The molecule has 0 aliphatic rings. The van der Waals surface area contributed by atoms with Gasteiger partial charge in [-0.2, -0.15) is 0 Å². The summed E-state index contributed by atoms with van der Waals surface area (Å²) >= 11 is 0. The maximum Gasteiger partial charge on any atom is 0.251 e. The van der Waals surface area contributed by atoms with Gasteiger partial charge in [0.1, 0.15) is 11.6 Å². The molecular weight excluding hydrogens is 278 g/mol. The normalized spacial score (nSPS) is 10.0. The van der Waals surface area contributed by atoms with Crippen molar-refractivity contribution in [1.29, 1.82) is 0 Å². The minimum atomic E-state index is -0.560. The predicted octanol–water partition coefficient (Wildman–Crippen LogP) is 2.33. The van der Waals surface area contributed by atoms with Gasteiger partial charge in [-0.25, -0.2) is 8.78 Å². The molecule has 2 aromatic rings. The summed E-state index contributed by atoms with van der Waals surface area (Å²) in [6, 6.07) is 10.6. The van der Waals surface area contributed by atoms with Crippen molar-refractivity contribution in [1.82, 2.24) is 5.32 Å². The number of carbonyl (C=O) groups is 2. The Labute approximate surface area is 119 Å². The Bertz CT molecular complexity index is 657. The fourth-order valence-corrected chi connectivity index (χ4v) is 1.62. The van der Waals surface area contributed by atoms with E-state index in [1.165, 1.54) is 30.3 Å². The third-order valence-corrected chi connectivity index (χ3v) is 2.66. The SMILES string of the molecule is O=C(CNC(=O)c1ccc(F)cc1)Nc1ccccc1F. The van der Waals surface area contributed by atoms with E-state index in [-0.39, 0.29) is 17.8 Å². The molecule has 2 aromatic carbocycles. The molecule has 2 rings (SSSR count). The molecule has 0 spiro atoms. The third-order valence-electron chi connectivity index (χ3n) is 2.66. The van der Waals surface area contributed by atoms with Crippen molar-refractivity contribution >= 4 is 17.5 Å². The number of para-hydroxylation sites is 1. The molecule has 2 N–H and O–H groups in total. The van der Waals surface area contributed by atoms with Gasteiger partial charge in [-0.3, -0.25) is 9.59 Å². The maximum absolute atomic E-state index is 13.3. The van der Waals surface area contributed by atoms with Crippen LogP contribution in [0.5, 0.6) is 0 Å². The van der Waals surface area contributed by atoms with Gasteiger partial charge in [-0.05, 0) is 36.4 Å². The van der Waals surface area contributed by atoms with E-state index < -0.39 is 23.4 Å². The summed E-state index contributed by atoms with van der Waals surface area (Å²) in [6.07, 6.45) is 0. The first kappa shape index (κ1) is 14.6. The average molecular weight is 290 g/mol. The average Bonchev–Trinajstić information content (AvgIpc) is 2.48. The molecule has 0 fully saturated rings. The molecule has 0 unspecified atom stereocenters. The van der Waals surface area contributed by atoms with Crippen molar-refractivity contribution in [2.24, 2.45) is 0 Å². The van der Waals surface area contributed by atoms with Crippen LogP contribution in [0.3, 0.4) is 0 Å². The fourth-order valence-electron chi connectivity index (χ4n) is 1.62. The van der Waals surface area contributed by atoms with E-state index in [1.807, 2.05) is 0 Å². The van der Waals surface area contributed by atoms with Gasteiger partial charge in [0.2, 0.25) is 5.91 Å². The van der Waals surface area contributed by atoms with Crippen LogP contribution in [-0.2, 0) is 4.79 Å². The van der Waals surface area contributed by atoms with Gasteiger partial charge in [0.15, 0.2) is 0 Å². The van der Waals surface area contributed by atoms with Gasteiger partial charge in [0.25, 0.3) is 5.91 Å². The van der Waals surface area contributed by atoms with Crippen molar-refractivity contribution in [2.45, 2.75) is 0 Å². The number of anilines is 1. The Morgan fingerprint density at radius 3 is 2.29 bits per heavy atom. The third kappa shape index (κ3) is 4.10. The molecule has 0 bridgehead atoms. The summed E-state index contributed by atoms with van der Waals surface area (Å²) in [5.41, 5.74) is 0.272. The summed E-state index contributed by atoms with van der Waals surface area (Å²) in [6.45, 7) is -0.315. The van der Waals surface area contributed by atoms with E-state index in [4.69, 9.17) is 0 Å². The molecule has 4 nitrogen and oxygen atoms in total. The Morgan fingerprint density at radius 1 is 0.952 bits per heavy atom. The van der Waals surface area contributed by atoms with Gasteiger partial charge in [-0.15, -0.1) is 0 Å². The van der Waals surface area contributed by atoms with Crippen LogP contribution in [0.15, 0.2) is 48.5 Å². The molecule has 0 radical (unpaired) electrons. The van der Waals surface area contributed by atoms with Gasteiger partial charge < -0.3 is 10.6 Å². The first-order valence-corrected chi connectivity index (χ1v) is 6.14. The molecule has 0 atom stereocenters. The first-order chi connectivity index (χ1) is 10.1. The molecular formula is C15H12F2N2O2. The molecule has 108 valence electrons.